The van der Waals surface area contributed by atoms with Crippen LogP contribution in [0.2, 0.25) is 0 Å². The fourth-order valence-electron chi connectivity index (χ4n) is 3.69. The molecule has 198 valence electrons. The average Bonchev–Trinajstić information content (AvgIpc) is 3.24. The van der Waals surface area contributed by atoms with Crippen molar-refractivity contribution in [2.45, 2.75) is 11.4 Å². The molecule has 0 atom stereocenters. The number of carbonyl (C=O) groups is 1. The lowest BCUT2D eigenvalue weighted by atomic mass is 10.1. The Kier molecular flexibility index (Phi) is 7.19. The maximum Gasteiger partial charge on any atom is 0.348 e. The van der Waals surface area contributed by atoms with Crippen molar-refractivity contribution in [3.05, 3.63) is 82.5 Å². The van der Waals surface area contributed by atoms with Crippen LogP contribution in [0.5, 0.6) is 17.2 Å². The van der Waals surface area contributed by atoms with Crippen LogP contribution in [0, 0.1) is 5.82 Å². The predicted molar refractivity (Wildman–Crippen MR) is 133 cm³/mol. The minimum atomic E-state index is -4.42. The van der Waals surface area contributed by atoms with Gasteiger partial charge in [0.1, 0.15) is 28.0 Å². The zero-order chi connectivity index (χ0) is 27.6. The first-order valence-corrected chi connectivity index (χ1v) is 12.4. The van der Waals surface area contributed by atoms with Crippen molar-refractivity contribution in [3.8, 4) is 34.3 Å². The Hall–Kier alpha value is -4.69. The third kappa shape index (κ3) is 5.07. The summed E-state index contributed by atoms with van der Waals surface area (Å²) in [7, 11) is -3.17. The van der Waals surface area contributed by atoms with E-state index in [1.54, 1.807) is 18.2 Å². The molecule has 0 aliphatic heterocycles. The number of para-hydroxylation sites is 2. The molecule has 0 radical (unpaired) electrons. The van der Waals surface area contributed by atoms with Gasteiger partial charge in [0.2, 0.25) is 10.0 Å². The van der Waals surface area contributed by atoms with E-state index in [1.807, 2.05) is 0 Å². The molecule has 0 aliphatic rings. The van der Waals surface area contributed by atoms with E-state index >= 15 is 0 Å². The number of hydrogen-bond donors (Lipinski definition) is 4. The zero-order valence-electron chi connectivity index (χ0n) is 19.8. The second-order valence-corrected chi connectivity index (χ2v) is 10.1. The van der Waals surface area contributed by atoms with Crippen LogP contribution in [-0.4, -0.2) is 57.3 Å². The summed E-state index contributed by atoms with van der Waals surface area (Å²) < 4.78 is 48.5. The summed E-state index contributed by atoms with van der Waals surface area (Å²) >= 11 is 0. The molecular formula is C24H22FN5O7S. The van der Waals surface area contributed by atoms with Crippen LogP contribution >= 0.6 is 0 Å². The summed E-state index contributed by atoms with van der Waals surface area (Å²) in [6, 6.07) is 13.4. The smallest absolute Gasteiger partial charge is 0.348 e. The van der Waals surface area contributed by atoms with E-state index in [9.17, 15) is 32.6 Å². The average molecular weight is 544 g/mol. The molecule has 0 spiro atoms. The van der Waals surface area contributed by atoms with Crippen molar-refractivity contribution in [1.82, 2.24) is 19.1 Å². The maximum atomic E-state index is 14.5. The Labute approximate surface area is 215 Å². The molecule has 4 rings (SSSR count). The fraction of sp³-hybridized carbons (Fsp3) is 0.125. The number of hydrogen-bond acceptors (Lipinski definition) is 8. The van der Waals surface area contributed by atoms with Crippen molar-refractivity contribution in [2.24, 2.45) is 5.73 Å². The zero-order valence-corrected chi connectivity index (χ0v) is 20.6. The summed E-state index contributed by atoms with van der Waals surface area (Å²) in [6.45, 7) is -0.641. The molecule has 1 heterocycles. The van der Waals surface area contributed by atoms with Crippen LogP contribution < -0.4 is 16.2 Å². The Balaban J connectivity index is 1.75. The highest BCUT2D eigenvalue weighted by atomic mass is 32.2. The summed E-state index contributed by atoms with van der Waals surface area (Å²) in [6.07, 6.45) is 0. The van der Waals surface area contributed by atoms with Crippen LogP contribution in [0.15, 0.2) is 70.4 Å². The van der Waals surface area contributed by atoms with Crippen molar-refractivity contribution >= 4 is 15.9 Å². The molecule has 0 bridgehead atoms. The first-order chi connectivity index (χ1) is 18.0. The molecule has 0 aliphatic carbocycles. The standard InChI is InChI=1S/C24H22FN5O7S/c1-29(12-14-6-2-5-9-20(14)37-13-22(26)33)38(35,36)21-10-15(18(31)11-19(21)32)23-27-28-24(34)30(23)17-8-4-3-7-16(17)25/h2-11,31-32H,12-13H2,1H3,(H2,26,33)(H,28,34). The molecule has 1 amide bonds. The van der Waals surface area contributed by atoms with Gasteiger partial charge in [-0.25, -0.2) is 27.3 Å². The second-order valence-electron chi connectivity index (χ2n) is 8.10. The highest BCUT2D eigenvalue weighted by Crippen LogP contribution is 2.38. The Bertz CT molecular complexity index is 1680. The van der Waals surface area contributed by atoms with Gasteiger partial charge in [-0.3, -0.25) is 4.79 Å². The van der Waals surface area contributed by atoms with Crippen molar-refractivity contribution in [3.63, 3.8) is 0 Å². The Morgan fingerprint density at radius 3 is 2.53 bits per heavy atom. The lowest BCUT2D eigenvalue weighted by Gasteiger charge is -2.20. The number of nitrogens with zero attached hydrogens (tertiary/aromatic N) is 3. The molecule has 1 aromatic heterocycles. The number of aromatic amines is 1. The first kappa shape index (κ1) is 26.4. The van der Waals surface area contributed by atoms with Crippen molar-refractivity contribution < 1.29 is 32.6 Å². The number of carbonyl (C=O) groups excluding carboxylic acids is 1. The number of aromatic hydroxyl groups is 2. The second kappa shape index (κ2) is 10.4. The molecule has 12 nitrogen and oxygen atoms in total. The van der Waals surface area contributed by atoms with E-state index in [2.05, 4.69) is 10.2 Å². The number of benzene rings is 3. The minimum Gasteiger partial charge on any atom is -0.507 e. The SMILES string of the molecule is CN(Cc1ccccc1OCC(N)=O)S(=O)(=O)c1cc(-c2n[nH]c(=O)n2-c2ccccc2F)c(O)cc1O. The molecule has 38 heavy (non-hydrogen) atoms. The van der Waals surface area contributed by atoms with E-state index in [4.69, 9.17) is 10.5 Å². The number of primary amides is 1. The quantitative estimate of drug-likeness (QED) is 0.245. The highest BCUT2D eigenvalue weighted by Gasteiger charge is 2.29. The van der Waals surface area contributed by atoms with Gasteiger partial charge in [0.15, 0.2) is 12.4 Å². The number of nitrogens with one attached hydrogen (secondary N) is 1. The number of phenolic OH excluding ortho intramolecular Hbond substituents is 2. The molecule has 0 saturated carbocycles. The van der Waals surface area contributed by atoms with Gasteiger partial charge in [0.25, 0.3) is 5.91 Å². The van der Waals surface area contributed by atoms with Gasteiger partial charge in [0, 0.05) is 25.2 Å². The van der Waals surface area contributed by atoms with Gasteiger partial charge >= 0.3 is 5.69 Å². The number of H-pyrrole nitrogens is 1. The largest absolute Gasteiger partial charge is 0.507 e. The summed E-state index contributed by atoms with van der Waals surface area (Å²) in [4.78, 5) is 22.9. The third-order valence-corrected chi connectivity index (χ3v) is 7.34. The van der Waals surface area contributed by atoms with Gasteiger partial charge < -0.3 is 20.7 Å². The maximum absolute atomic E-state index is 14.5. The normalized spacial score (nSPS) is 11.6. The Morgan fingerprint density at radius 2 is 1.82 bits per heavy atom. The molecule has 5 N–H and O–H groups in total. The van der Waals surface area contributed by atoms with Gasteiger partial charge in [-0.15, -0.1) is 0 Å². The monoisotopic (exact) mass is 543 g/mol. The molecule has 4 aromatic rings. The van der Waals surface area contributed by atoms with Gasteiger partial charge in [0.05, 0.1) is 11.3 Å². The van der Waals surface area contributed by atoms with Gasteiger partial charge in [-0.2, -0.15) is 9.40 Å². The molecule has 0 saturated heterocycles. The van der Waals surface area contributed by atoms with Crippen molar-refractivity contribution in [1.29, 1.82) is 0 Å². The van der Waals surface area contributed by atoms with Crippen LogP contribution in [-0.2, 0) is 21.4 Å². The number of aromatic nitrogens is 3. The predicted octanol–water partition coefficient (Wildman–Crippen LogP) is 1.46. The molecule has 3 aromatic carbocycles. The van der Waals surface area contributed by atoms with Crippen LogP contribution in [0.1, 0.15) is 5.56 Å². The summed E-state index contributed by atoms with van der Waals surface area (Å²) in [5.74, 6) is -2.91. The van der Waals surface area contributed by atoms with E-state index in [-0.39, 0.29) is 29.4 Å². The third-order valence-electron chi connectivity index (χ3n) is 5.51. The number of nitrogens with two attached hydrogens (primary N) is 1. The van der Waals surface area contributed by atoms with Crippen LogP contribution in [0.4, 0.5) is 4.39 Å². The number of phenols is 2. The highest BCUT2D eigenvalue weighted by molar-refractivity contribution is 7.89. The Morgan fingerprint density at radius 1 is 1.13 bits per heavy atom. The molecular weight excluding hydrogens is 521 g/mol. The lowest BCUT2D eigenvalue weighted by Crippen LogP contribution is -2.27. The molecule has 0 fully saturated rings. The van der Waals surface area contributed by atoms with Crippen LogP contribution in [0.3, 0.4) is 0 Å². The summed E-state index contributed by atoms with van der Waals surface area (Å²) in [5, 5.41) is 26.9. The number of sulfonamides is 1. The van der Waals surface area contributed by atoms with E-state index in [0.717, 1.165) is 27.1 Å². The number of rotatable bonds is 9. The van der Waals surface area contributed by atoms with Gasteiger partial charge in [-0.1, -0.05) is 30.3 Å². The van der Waals surface area contributed by atoms with Crippen LogP contribution in [0.25, 0.3) is 17.1 Å². The van der Waals surface area contributed by atoms with Gasteiger partial charge in [-0.05, 0) is 24.3 Å². The topological polar surface area (TPSA) is 181 Å². The number of ether oxygens (including phenoxy) is 1. The number of halogens is 1. The first-order valence-electron chi connectivity index (χ1n) is 10.9. The van der Waals surface area contributed by atoms with E-state index in [0.29, 0.717) is 5.56 Å². The molecule has 0 unspecified atom stereocenters. The van der Waals surface area contributed by atoms with Crippen molar-refractivity contribution in [2.75, 3.05) is 13.7 Å². The number of amides is 1. The van der Waals surface area contributed by atoms with E-state index in [1.165, 1.54) is 31.3 Å². The molecule has 14 heteroatoms. The fourth-order valence-corrected chi connectivity index (χ4v) is 4.93. The minimum absolute atomic E-state index is 0.192. The lowest BCUT2D eigenvalue weighted by molar-refractivity contribution is -0.119. The summed E-state index contributed by atoms with van der Waals surface area (Å²) in [5.41, 5.74) is 4.22. The van der Waals surface area contributed by atoms with E-state index < -0.39 is 50.4 Å².